The van der Waals surface area contributed by atoms with Crippen molar-refractivity contribution in [3.63, 3.8) is 0 Å². The molecule has 2 bridgehead atoms. The molecule has 34 heavy (non-hydrogen) atoms. The number of amides is 3. The van der Waals surface area contributed by atoms with E-state index >= 15 is 0 Å². The number of hydrogen-bond acceptors (Lipinski definition) is 4. The summed E-state index contributed by atoms with van der Waals surface area (Å²) in [5.74, 6) is 1.24. The Morgan fingerprint density at radius 3 is 2.85 bits per heavy atom. The van der Waals surface area contributed by atoms with E-state index in [9.17, 15) is 9.59 Å². The van der Waals surface area contributed by atoms with Crippen molar-refractivity contribution in [2.75, 3.05) is 12.0 Å². The molecule has 1 fully saturated rings. The molecule has 8 heteroatoms. The lowest BCUT2D eigenvalue weighted by Crippen LogP contribution is -2.65. The number of rotatable bonds is 5. The summed E-state index contributed by atoms with van der Waals surface area (Å²) in [6.45, 7) is 2.26. The monoisotopic (exact) mass is 521 g/mol. The Labute approximate surface area is 206 Å². The van der Waals surface area contributed by atoms with Crippen LogP contribution in [-0.4, -0.2) is 24.8 Å². The quantitative estimate of drug-likeness (QED) is 0.486. The number of nitrogens with zero attached hydrogens (tertiary/aromatic N) is 1. The number of ether oxygens (including phenoxy) is 2. The molecule has 2 atom stereocenters. The molecule has 2 aliphatic heterocycles. The minimum absolute atomic E-state index is 0.149. The van der Waals surface area contributed by atoms with E-state index in [2.05, 4.69) is 26.6 Å². The summed E-state index contributed by atoms with van der Waals surface area (Å²) >= 11 is 3.49. The first-order chi connectivity index (χ1) is 16.4. The van der Waals surface area contributed by atoms with Gasteiger partial charge in [-0.05, 0) is 61.0 Å². The van der Waals surface area contributed by atoms with Crippen molar-refractivity contribution in [1.82, 2.24) is 10.6 Å². The third kappa shape index (κ3) is 4.09. The number of urea groups is 1. The van der Waals surface area contributed by atoms with Crippen molar-refractivity contribution in [3.05, 3.63) is 87.9 Å². The summed E-state index contributed by atoms with van der Waals surface area (Å²) in [7, 11) is 1.61. The molecule has 1 saturated heterocycles. The zero-order chi connectivity index (χ0) is 23.9. The maximum atomic E-state index is 13.2. The molecule has 0 aromatic heterocycles. The summed E-state index contributed by atoms with van der Waals surface area (Å²) in [6.07, 6.45) is 0.578. The summed E-state index contributed by atoms with van der Waals surface area (Å²) in [6, 6.07) is 19.9. The zero-order valence-electron chi connectivity index (χ0n) is 18.8. The summed E-state index contributed by atoms with van der Waals surface area (Å²) in [4.78, 5) is 27.6. The fraction of sp³-hybridized carbons (Fsp3) is 0.231. The Bertz CT molecular complexity index is 1280. The van der Waals surface area contributed by atoms with E-state index < -0.39 is 5.72 Å². The van der Waals surface area contributed by atoms with Crippen LogP contribution in [0.4, 0.5) is 10.5 Å². The SMILES string of the molecule is COc1cccc(CNC(=O)c2cccc(N3C(=O)N[C@H]4C[C@@]3(C)Oc3ccc(Br)cc34)c2)c1. The molecule has 174 valence electrons. The van der Waals surface area contributed by atoms with Gasteiger partial charge in [-0.2, -0.15) is 0 Å². The number of methoxy groups -OCH3 is 1. The minimum Gasteiger partial charge on any atom is -0.497 e. The first-order valence-corrected chi connectivity index (χ1v) is 11.8. The highest BCUT2D eigenvalue weighted by molar-refractivity contribution is 9.10. The highest BCUT2D eigenvalue weighted by Crippen LogP contribution is 2.46. The second-order valence-electron chi connectivity index (χ2n) is 8.59. The number of carbonyl (C=O) groups excluding carboxylic acids is 2. The lowest BCUT2D eigenvalue weighted by molar-refractivity contribution is 0.0378. The Kier molecular flexibility index (Phi) is 5.69. The second-order valence-corrected chi connectivity index (χ2v) is 9.50. The Balaban J connectivity index is 1.38. The first-order valence-electron chi connectivity index (χ1n) is 11.0. The lowest BCUT2D eigenvalue weighted by Gasteiger charge is -2.50. The van der Waals surface area contributed by atoms with Gasteiger partial charge in [0.15, 0.2) is 5.72 Å². The smallest absolute Gasteiger partial charge is 0.325 e. The third-order valence-electron chi connectivity index (χ3n) is 6.19. The van der Waals surface area contributed by atoms with E-state index in [1.165, 1.54) is 0 Å². The summed E-state index contributed by atoms with van der Waals surface area (Å²) in [5, 5.41) is 6.01. The van der Waals surface area contributed by atoms with Crippen molar-refractivity contribution >= 4 is 33.6 Å². The van der Waals surface area contributed by atoms with Crippen LogP contribution in [0.15, 0.2) is 71.2 Å². The van der Waals surface area contributed by atoms with Gasteiger partial charge in [-0.1, -0.05) is 34.1 Å². The van der Waals surface area contributed by atoms with Crippen LogP contribution in [0.25, 0.3) is 0 Å². The number of carbonyl (C=O) groups is 2. The van der Waals surface area contributed by atoms with Crippen molar-refractivity contribution in [3.8, 4) is 11.5 Å². The Hall–Kier alpha value is -3.52. The standard InChI is InChI=1S/C26H24BrN3O4/c1-26-14-22(21-13-18(27)9-10-23(21)34-26)29-25(32)30(26)19-7-4-6-17(12-19)24(31)28-15-16-5-3-8-20(11-16)33-2/h3-13,22H,14-15H2,1-2H3,(H,28,31)(H,29,32)/t22-,26+/m0/s1. The molecule has 3 aromatic carbocycles. The first kappa shape index (κ1) is 22.3. The van der Waals surface area contributed by atoms with Gasteiger partial charge < -0.3 is 20.1 Å². The van der Waals surface area contributed by atoms with Gasteiger partial charge in [0.2, 0.25) is 0 Å². The van der Waals surface area contributed by atoms with Gasteiger partial charge in [-0.25, -0.2) is 4.79 Å². The topological polar surface area (TPSA) is 79.9 Å². The van der Waals surface area contributed by atoms with E-state index in [0.717, 1.165) is 27.1 Å². The van der Waals surface area contributed by atoms with Crippen molar-refractivity contribution in [1.29, 1.82) is 0 Å². The maximum Gasteiger partial charge on any atom is 0.325 e. The van der Waals surface area contributed by atoms with Crippen molar-refractivity contribution < 1.29 is 19.1 Å². The van der Waals surface area contributed by atoms with Crippen LogP contribution < -0.4 is 25.0 Å². The van der Waals surface area contributed by atoms with Crippen LogP contribution in [0.3, 0.4) is 0 Å². The van der Waals surface area contributed by atoms with Gasteiger partial charge in [0, 0.05) is 28.6 Å². The van der Waals surface area contributed by atoms with E-state index in [0.29, 0.717) is 24.2 Å². The molecule has 2 aliphatic rings. The molecule has 0 radical (unpaired) electrons. The van der Waals surface area contributed by atoms with Gasteiger partial charge >= 0.3 is 6.03 Å². The molecule has 3 aromatic rings. The Morgan fingerprint density at radius 1 is 1.21 bits per heavy atom. The number of hydrogen-bond donors (Lipinski definition) is 2. The summed E-state index contributed by atoms with van der Waals surface area (Å²) in [5.41, 5.74) is 2.04. The minimum atomic E-state index is -0.885. The predicted molar refractivity (Wildman–Crippen MR) is 132 cm³/mol. The maximum absolute atomic E-state index is 13.2. The molecule has 0 saturated carbocycles. The number of benzene rings is 3. The van der Waals surface area contributed by atoms with Crippen molar-refractivity contribution in [2.45, 2.75) is 31.7 Å². The second kappa shape index (κ2) is 8.68. The predicted octanol–water partition coefficient (Wildman–Crippen LogP) is 5.16. The lowest BCUT2D eigenvalue weighted by atomic mass is 9.90. The summed E-state index contributed by atoms with van der Waals surface area (Å²) < 4.78 is 12.5. The van der Waals surface area contributed by atoms with Gasteiger partial charge in [0.25, 0.3) is 5.91 Å². The van der Waals surface area contributed by atoms with E-state index in [4.69, 9.17) is 9.47 Å². The number of halogens is 1. The van der Waals surface area contributed by atoms with Gasteiger partial charge in [-0.15, -0.1) is 0 Å². The van der Waals surface area contributed by atoms with Crippen LogP contribution in [0, 0.1) is 0 Å². The molecule has 2 heterocycles. The largest absolute Gasteiger partial charge is 0.497 e. The van der Waals surface area contributed by atoms with E-state index in [-0.39, 0.29) is 18.0 Å². The molecule has 0 aliphatic carbocycles. The van der Waals surface area contributed by atoms with Crippen molar-refractivity contribution in [2.24, 2.45) is 0 Å². The normalized spacial score (nSPS) is 20.6. The number of fused-ring (bicyclic) bond motifs is 4. The average molecular weight is 522 g/mol. The van der Waals surface area contributed by atoms with Crippen LogP contribution >= 0.6 is 15.9 Å². The fourth-order valence-electron chi connectivity index (χ4n) is 4.59. The molecule has 0 spiro atoms. The van der Waals surface area contributed by atoms with Crippen LogP contribution in [0.5, 0.6) is 11.5 Å². The van der Waals surface area contributed by atoms with Gasteiger partial charge in [0.1, 0.15) is 11.5 Å². The van der Waals surface area contributed by atoms with Crippen LogP contribution in [0.2, 0.25) is 0 Å². The molecule has 7 nitrogen and oxygen atoms in total. The molecular weight excluding hydrogens is 498 g/mol. The van der Waals surface area contributed by atoms with E-state index in [1.807, 2.05) is 55.5 Å². The highest BCUT2D eigenvalue weighted by atomic mass is 79.9. The Morgan fingerprint density at radius 2 is 2.03 bits per heavy atom. The van der Waals surface area contributed by atoms with Gasteiger partial charge in [-0.3, -0.25) is 9.69 Å². The number of nitrogens with one attached hydrogen (secondary N) is 2. The highest BCUT2D eigenvalue weighted by Gasteiger charge is 2.49. The molecule has 3 amide bonds. The third-order valence-corrected chi connectivity index (χ3v) is 6.68. The van der Waals surface area contributed by atoms with Crippen LogP contribution in [0.1, 0.15) is 40.9 Å². The molecular formula is C26H24BrN3O4. The van der Waals surface area contributed by atoms with Crippen LogP contribution in [-0.2, 0) is 6.54 Å². The molecule has 5 rings (SSSR count). The average Bonchev–Trinajstić information content (AvgIpc) is 2.83. The molecule has 2 N–H and O–H groups in total. The zero-order valence-corrected chi connectivity index (χ0v) is 20.4. The fourth-order valence-corrected chi connectivity index (χ4v) is 4.97. The number of anilines is 1. The van der Waals surface area contributed by atoms with Gasteiger partial charge in [0.05, 0.1) is 18.8 Å². The molecule has 0 unspecified atom stereocenters. The van der Waals surface area contributed by atoms with E-state index in [1.54, 1.807) is 30.2 Å².